The highest BCUT2D eigenvalue weighted by Gasteiger charge is 2.26. The van der Waals surface area contributed by atoms with Gasteiger partial charge in [0.1, 0.15) is 5.75 Å². The van der Waals surface area contributed by atoms with Crippen molar-refractivity contribution in [3.05, 3.63) is 23.2 Å². The van der Waals surface area contributed by atoms with Crippen molar-refractivity contribution in [3.63, 3.8) is 0 Å². The molecular weight excluding hydrogens is 266 g/mol. The molecule has 2 N–H and O–H groups in total. The third-order valence-electron chi connectivity index (χ3n) is 3.54. The van der Waals surface area contributed by atoms with Crippen molar-refractivity contribution < 1.29 is 14.6 Å². The van der Waals surface area contributed by atoms with Crippen LogP contribution in [-0.4, -0.2) is 24.2 Å². The lowest BCUT2D eigenvalue weighted by Gasteiger charge is -2.26. The number of halogens is 1. The van der Waals surface area contributed by atoms with Gasteiger partial charge in [0.2, 0.25) is 0 Å². The molecule has 19 heavy (non-hydrogen) atoms. The molecule has 0 spiro atoms. The third kappa shape index (κ3) is 3.53. The first-order chi connectivity index (χ1) is 9.10. The summed E-state index contributed by atoms with van der Waals surface area (Å²) in [5, 5.41) is 12.6. The maximum atomic E-state index is 10.9. The zero-order valence-electron chi connectivity index (χ0n) is 10.9. The first kappa shape index (κ1) is 14.0. The molecule has 5 heteroatoms. The van der Waals surface area contributed by atoms with Crippen molar-refractivity contribution in [2.75, 3.05) is 12.4 Å². The maximum absolute atomic E-state index is 10.9. The second kappa shape index (κ2) is 6.15. The van der Waals surface area contributed by atoms with E-state index in [1.807, 2.05) is 19.2 Å². The second-order valence-corrected chi connectivity index (χ2v) is 5.23. The van der Waals surface area contributed by atoms with E-state index in [1.54, 1.807) is 6.07 Å². The van der Waals surface area contributed by atoms with Crippen LogP contribution in [0, 0.1) is 5.92 Å². The summed E-state index contributed by atoms with van der Waals surface area (Å²) in [5.41, 5.74) is 0.864. The van der Waals surface area contributed by atoms with Gasteiger partial charge in [0, 0.05) is 13.1 Å². The van der Waals surface area contributed by atoms with Gasteiger partial charge in [-0.2, -0.15) is 0 Å². The molecule has 1 aromatic rings. The van der Waals surface area contributed by atoms with Crippen LogP contribution in [0.4, 0.5) is 5.69 Å². The summed E-state index contributed by atoms with van der Waals surface area (Å²) in [7, 11) is 1.81. The number of aliphatic carboxylic acids is 1. The van der Waals surface area contributed by atoms with Gasteiger partial charge in [-0.25, -0.2) is 0 Å². The lowest BCUT2D eigenvalue weighted by atomic mass is 9.87. The number of benzene rings is 1. The summed E-state index contributed by atoms with van der Waals surface area (Å²) in [5.74, 6) is -0.169. The van der Waals surface area contributed by atoms with Crippen LogP contribution in [0.3, 0.4) is 0 Å². The molecule has 0 radical (unpaired) electrons. The molecule has 2 rings (SSSR count). The van der Waals surface area contributed by atoms with Crippen LogP contribution in [0.15, 0.2) is 18.2 Å². The van der Waals surface area contributed by atoms with Crippen molar-refractivity contribution >= 4 is 23.3 Å². The van der Waals surface area contributed by atoms with E-state index in [4.69, 9.17) is 21.4 Å². The molecule has 0 aromatic heterocycles. The number of carbonyl (C=O) groups is 1. The number of carboxylic acids is 1. The molecule has 0 heterocycles. The van der Waals surface area contributed by atoms with E-state index in [0.717, 1.165) is 24.3 Å². The number of carboxylic acid groups (broad SMARTS) is 1. The summed E-state index contributed by atoms with van der Waals surface area (Å²) in [6.45, 7) is 0. The SMILES string of the molecule is CNc1ccc(O[C@H]2CC[C@H](C(=O)O)CC2)cc1Cl. The zero-order valence-corrected chi connectivity index (χ0v) is 11.6. The number of hydrogen-bond acceptors (Lipinski definition) is 3. The fraction of sp³-hybridized carbons (Fsp3) is 0.500. The van der Waals surface area contributed by atoms with Gasteiger partial charge in [0.05, 0.1) is 22.7 Å². The average Bonchev–Trinajstić information content (AvgIpc) is 2.39. The maximum Gasteiger partial charge on any atom is 0.306 e. The van der Waals surface area contributed by atoms with Crippen LogP contribution in [-0.2, 0) is 4.79 Å². The van der Waals surface area contributed by atoms with E-state index in [-0.39, 0.29) is 12.0 Å². The molecule has 1 aliphatic rings. The number of nitrogens with one attached hydrogen (secondary N) is 1. The molecule has 0 saturated heterocycles. The van der Waals surface area contributed by atoms with Crippen LogP contribution in [0.25, 0.3) is 0 Å². The van der Waals surface area contributed by atoms with Crippen molar-refractivity contribution in [2.24, 2.45) is 5.92 Å². The molecule has 0 aliphatic heterocycles. The number of ether oxygens (including phenoxy) is 1. The summed E-state index contributed by atoms with van der Waals surface area (Å²) < 4.78 is 5.86. The van der Waals surface area contributed by atoms with Crippen molar-refractivity contribution in [1.29, 1.82) is 0 Å². The fourth-order valence-electron chi connectivity index (χ4n) is 2.39. The minimum atomic E-state index is -0.695. The summed E-state index contributed by atoms with van der Waals surface area (Å²) in [6.07, 6.45) is 3.02. The van der Waals surface area contributed by atoms with Gasteiger partial charge in [-0.1, -0.05) is 11.6 Å². The fourth-order valence-corrected chi connectivity index (χ4v) is 2.66. The predicted molar refractivity (Wildman–Crippen MR) is 75.0 cm³/mol. The summed E-state index contributed by atoms with van der Waals surface area (Å²) >= 11 is 6.09. The van der Waals surface area contributed by atoms with E-state index in [2.05, 4.69) is 5.32 Å². The Hall–Kier alpha value is -1.42. The largest absolute Gasteiger partial charge is 0.490 e. The van der Waals surface area contributed by atoms with Crippen molar-refractivity contribution in [3.8, 4) is 5.75 Å². The van der Waals surface area contributed by atoms with Gasteiger partial charge < -0.3 is 15.2 Å². The van der Waals surface area contributed by atoms with Crippen LogP contribution >= 0.6 is 11.6 Å². The zero-order chi connectivity index (χ0) is 13.8. The van der Waals surface area contributed by atoms with Crippen molar-refractivity contribution in [1.82, 2.24) is 0 Å². The van der Waals surface area contributed by atoms with Crippen LogP contribution < -0.4 is 10.1 Å². The van der Waals surface area contributed by atoms with E-state index in [9.17, 15) is 4.79 Å². The second-order valence-electron chi connectivity index (χ2n) is 4.82. The molecule has 0 bridgehead atoms. The topological polar surface area (TPSA) is 58.6 Å². The highest BCUT2D eigenvalue weighted by molar-refractivity contribution is 6.33. The van der Waals surface area contributed by atoms with Gasteiger partial charge in [-0.3, -0.25) is 4.79 Å². The normalized spacial score (nSPS) is 22.8. The number of anilines is 1. The Kier molecular flexibility index (Phi) is 4.53. The lowest BCUT2D eigenvalue weighted by Crippen LogP contribution is -2.27. The highest BCUT2D eigenvalue weighted by Crippen LogP contribution is 2.31. The molecule has 1 aromatic carbocycles. The van der Waals surface area contributed by atoms with Crippen LogP contribution in [0.1, 0.15) is 25.7 Å². The molecule has 1 fully saturated rings. The van der Waals surface area contributed by atoms with Gasteiger partial charge in [0.25, 0.3) is 0 Å². The molecule has 4 nitrogen and oxygen atoms in total. The molecule has 1 saturated carbocycles. The van der Waals surface area contributed by atoms with E-state index < -0.39 is 5.97 Å². The van der Waals surface area contributed by atoms with Gasteiger partial charge >= 0.3 is 5.97 Å². The van der Waals surface area contributed by atoms with Crippen LogP contribution in [0.5, 0.6) is 5.75 Å². The van der Waals surface area contributed by atoms with E-state index >= 15 is 0 Å². The minimum Gasteiger partial charge on any atom is -0.490 e. The smallest absolute Gasteiger partial charge is 0.306 e. The monoisotopic (exact) mass is 283 g/mol. The Morgan fingerprint density at radius 3 is 2.58 bits per heavy atom. The Morgan fingerprint density at radius 1 is 1.37 bits per heavy atom. The van der Waals surface area contributed by atoms with Gasteiger partial charge in [0.15, 0.2) is 0 Å². The Morgan fingerprint density at radius 2 is 2.05 bits per heavy atom. The Balaban J connectivity index is 1.92. The molecular formula is C14H18ClNO3. The van der Waals surface area contributed by atoms with E-state index in [1.165, 1.54) is 0 Å². The van der Waals surface area contributed by atoms with Crippen molar-refractivity contribution in [2.45, 2.75) is 31.8 Å². The lowest BCUT2D eigenvalue weighted by molar-refractivity contribution is -0.143. The molecule has 0 atom stereocenters. The standard InChI is InChI=1S/C14H18ClNO3/c1-16-13-7-6-11(8-12(13)15)19-10-4-2-9(3-5-10)14(17)18/h6-10,16H,2-5H2,1H3,(H,17,18)/t9-,10-. The minimum absolute atomic E-state index is 0.0899. The average molecular weight is 284 g/mol. The Bertz CT molecular complexity index is 456. The molecule has 1 aliphatic carbocycles. The summed E-state index contributed by atoms with van der Waals surface area (Å²) in [4.78, 5) is 10.9. The van der Waals surface area contributed by atoms with Gasteiger partial charge in [-0.15, -0.1) is 0 Å². The molecule has 104 valence electrons. The van der Waals surface area contributed by atoms with Crippen LogP contribution in [0.2, 0.25) is 5.02 Å². The quantitative estimate of drug-likeness (QED) is 0.889. The number of hydrogen-bond donors (Lipinski definition) is 2. The first-order valence-corrected chi connectivity index (χ1v) is 6.84. The molecule has 0 unspecified atom stereocenters. The third-order valence-corrected chi connectivity index (χ3v) is 3.85. The van der Waals surface area contributed by atoms with E-state index in [0.29, 0.717) is 17.9 Å². The summed E-state index contributed by atoms with van der Waals surface area (Å²) in [6, 6.07) is 5.54. The first-order valence-electron chi connectivity index (χ1n) is 6.47. The van der Waals surface area contributed by atoms with Gasteiger partial charge in [-0.05, 0) is 37.8 Å². The molecule has 0 amide bonds. The Labute approximate surface area is 117 Å². The number of rotatable bonds is 4. The highest BCUT2D eigenvalue weighted by atomic mass is 35.5. The predicted octanol–water partition coefficient (Wildman–Crippen LogP) is 3.40.